The summed E-state index contributed by atoms with van der Waals surface area (Å²) in [4.78, 5) is 4.40. The first-order valence-corrected chi connectivity index (χ1v) is 6.42. The van der Waals surface area contributed by atoms with Gasteiger partial charge in [0.1, 0.15) is 17.1 Å². The molecule has 3 nitrogen and oxygen atoms in total. The normalized spacial score (nSPS) is 17.4. The van der Waals surface area contributed by atoms with Crippen LogP contribution < -0.4 is 5.32 Å². The number of fused-ring (bicyclic) bond motifs is 1. The quantitative estimate of drug-likeness (QED) is 0.829. The number of rotatable bonds is 1. The number of nitrogens with one attached hydrogen (secondary N) is 1. The van der Waals surface area contributed by atoms with Gasteiger partial charge in [0, 0.05) is 16.8 Å². The second-order valence-electron chi connectivity index (χ2n) is 4.57. The fourth-order valence-corrected chi connectivity index (χ4v) is 2.45. The van der Waals surface area contributed by atoms with Crippen LogP contribution in [0.25, 0.3) is 0 Å². The average Bonchev–Trinajstić information content (AvgIpc) is 2.38. The smallest absolute Gasteiger partial charge is 0.150 e. The van der Waals surface area contributed by atoms with E-state index in [1.165, 1.54) is 0 Å². The molecular weight excluding hydrogens is 260 g/mol. The van der Waals surface area contributed by atoms with Gasteiger partial charge >= 0.3 is 0 Å². The number of aliphatic imine (C=N–C) groups is 1. The van der Waals surface area contributed by atoms with E-state index in [9.17, 15) is 5.11 Å². The summed E-state index contributed by atoms with van der Waals surface area (Å²) >= 11 is 6.22. The van der Waals surface area contributed by atoms with E-state index in [-0.39, 0.29) is 11.9 Å². The summed E-state index contributed by atoms with van der Waals surface area (Å²) in [5.74, 6) is 0.212. The maximum absolute atomic E-state index is 9.90. The third kappa shape index (κ3) is 2.17. The first-order valence-electron chi connectivity index (χ1n) is 6.04. The summed E-state index contributed by atoms with van der Waals surface area (Å²) in [5.41, 5.74) is 3.69. The minimum atomic E-state index is -0.358. The van der Waals surface area contributed by atoms with Crippen molar-refractivity contribution < 1.29 is 5.11 Å². The Bertz CT molecular complexity index is 667. The summed E-state index contributed by atoms with van der Waals surface area (Å²) in [6.07, 6.45) is -0.358. The zero-order chi connectivity index (χ0) is 13.4. The highest BCUT2D eigenvalue weighted by Crippen LogP contribution is 2.34. The van der Waals surface area contributed by atoms with Gasteiger partial charge in [0.15, 0.2) is 0 Å². The molecule has 2 aromatic rings. The van der Waals surface area contributed by atoms with Gasteiger partial charge in [-0.2, -0.15) is 0 Å². The molecule has 2 N–H and O–H groups in total. The Balaban J connectivity index is 2.05. The molecule has 0 saturated heterocycles. The number of nitrogens with zero attached hydrogens (tertiary/aromatic N) is 1. The Morgan fingerprint density at radius 2 is 2.00 bits per heavy atom. The summed E-state index contributed by atoms with van der Waals surface area (Å²) in [6, 6.07) is 13.1. The number of aryl methyl sites for hydroxylation is 1. The molecule has 1 unspecified atom stereocenters. The second kappa shape index (κ2) is 4.59. The topological polar surface area (TPSA) is 44.6 Å². The van der Waals surface area contributed by atoms with Gasteiger partial charge in [-0.25, -0.2) is 4.99 Å². The Morgan fingerprint density at radius 3 is 2.79 bits per heavy atom. The van der Waals surface area contributed by atoms with Crippen molar-refractivity contribution >= 4 is 22.5 Å². The van der Waals surface area contributed by atoms with E-state index >= 15 is 0 Å². The van der Waals surface area contributed by atoms with Crippen molar-refractivity contribution in [3.05, 3.63) is 59.2 Å². The van der Waals surface area contributed by atoms with Crippen LogP contribution in [0, 0.1) is 6.92 Å². The van der Waals surface area contributed by atoms with Crippen molar-refractivity contribution in [3.8, 4) is 5.75 Å². The zero-order valence-corrected chi connectivity index (χ0v) is 11.1. The molecule has 1 atom stereocenters. The van der Waals surface area contributed by atoms with Gasteiger partial charge in [0.25, 0.3) is 0 Å². The lowest BCUT2D eigenvalue weighted by Gasteiger charge is -2.24. The lowest BCUT2D eigenvalue weighted by Crippen LogP contribution is -2.17. The van der Waals surface area contributed by atoms with Gasteiger partial charge in [0.05, 0.1) is 0 Å². The Morgan fingerprint density at radius 1 is 1.21 bits per heavy atom. The molecule has 0 bridgehead atoms. The Hall–Kier alpha value is -2.00. The van der Waals surface area contributed by atoms with Crippen LogP contribution in [0.4, 0.5) is 5.69 Å². The number of benzene rings is 2. The highest BCUT2D eigenvalue weighted by atomic mass is 35.5. The molecule has 0 radical (unpaired) electrons. The predicted octanol–water partition coefficient (Wildman–Crippen LogP) is 3.81. The summed E-state index contributed by atoms with van der Waals surface area (Å²) < 4.78 is 0. The molecule has 0 spiro atoms. The molecule has 0 fully saturated rings. The number of halogens is 1. The zero-order valence-electron chi connectivity index (χ0n) is 10.4. The predicted molar refractivity (Wildman–Crippen MR) is 78.0 cm³/mol. The van der Waals surface area contributed by atoms with Crippen LogP contribution in [0.3, 0.4) is 0 Å². The average molecular weight is 273 g/mol. The maximum atomic E-state index is 9.90. The minimum absolute atomic E-state index is 0.212. The number of hydrogen-bond donors (Lipinski definition) is 2. The van der Waals surface area contributed by atoms with Gasteiger partial charge in [-0.05, 0) is 30.7 Å². The standard InChI is InChI=1S/C15H13ClN2O/c1-9-6-7-10-12(8-9)17-15(18-14(10)16)11-4-2-3-5-13(11)19/h2-8,15,17,19H,1H3. The summed E-state index contributed by atoms with van der Waals surface area (Å²) in [7, 11) is 0. The van der Waals surface area contributed by atoms with Gasteiger partial charge < -0.3 is 10.4 Å². The molecule has 1 heterocycles. The van der Waals surface area contributed by atoms with Crippen molar-refractivity contribution in [3.63, 3.8) is 0 Å². The first-order chi connectivity index (χ1) is 9.15. The SMILES string of the molecule is Cc1ccc2c(c1)NC(c1ccccc1O)N=C2Cl. The summed E-state index contributed by atoms with van der Waals surface area (Å²) in [6.45, 7) is 2.02. The van der Waals surface area contributed by atoms with E-state index in [2.05, 4.69) is 10.3 Å². The van der Waals surface area contributed by atoms with E-state index in [1.807, 2.05) is 37.3 Å². The summed E-state index contributed by atoms with van der Waals surface area (Å²) in [5, 5.41) is 13.7. The highest BCUT2D eigenvalue weighted by molar-refractivity contribution is 6.70. The molecule has 1 aliphatic heterocycles. The fraction of sp³-hybridized carbons (Fsp3) is 0.133. The molecule has 2 aromatic carbocycles. The van der Waals surface area contributed by atoms with E-state index in [0.717, 1.165) is 16.8 Å². The third-order valence-electron chi connectivity index (χ3n) is 3.16. The lowest BCUT2D eigenvalue weighted by atomic mass is 10.1. The van der Waals surface area contributed by atoms with Crippen molar-refractivity contribution in [1.29, 1.82) is 0 Å². The van der Waals surface area contributed by atoms with Crippen LogP contribution in [0.5, 0.6) is 5.75 Å². The molecule has 0 aromatic heterocycles. The number of anilines is 1. The van der Waals surface area contributed by atoms with Crippen LogP contribution in [-0.2, 0) is 0 Å². The van der Waals surface area contributed by atoms with Gasteiger partial charge in [-0.15, -0.1) is 0 Å². The fourth-order valence-electron chi connectivity index (χ4n) is 2.19. The second-order valence-corrected chi connectivity index (χ2v) is 4.93. The minimum Gasteiger partial charge on any atom is -0.508 e. The third-order valence-corrected chi connectivity index (χ3v) is 3.46. The van der Waals surface area contributed by atoms with Crippen molar-refractivity contribution in [2.24, 2.45) is 4.99 Å². The molecule has 0 saturated carbocycles. The molecule has 96 valence electrons. The number of phenolic OH excluding ortho intramolecular Hbond substituents is 1. The number of aromatic hydroxyl groups is 1. The van der Waals surface area contributed by atoms with E-state index in [0.29, 0.717) is 10.7 Å². The molecular formula is C15H13ClN2O. The monoisotopic (exact) mass is 272 g/mol. The van der Waals surface area contributed by atoms with E-state index < -0.39 is 0 Å². The highest BCUT2D eigenvalue weighted by Gasteiger charge is 2.22. The van der Waals surface area contributed by atoms with Gasteiger partial charge in [0.2, 0.25) is 0 Å². The molecule has 1 aliphatic rings. The molecule has 4 heteroatoms. The first kappa shape index (κ1) is 12.1. The van der Waals surface area contributed by atoms with Crippen LogP contribution >= 0.6 is 11.6 Å². The Labute approximate surface area is 116 Å². The van der Waals surface area contributed by atoms with E-state index in [4.69, 9.17) is 11.6 Å². The van der Waals surface area contributed by atoms with Crippen molar-refractivity contribution in [2.45, 2.75) is 13.1 Å². The number of para-hydroxylation sites is 1. The molecule has 19 heavy (non-hydrogen) atoms. The van der Waals surface area contributed by atoms with Crippen LogP contribution in [-0.4, -0.2) is 10.3 Å². The molecule has 0 amide bonds. The lowest BCUT2D eigenvalue weighted by molar-refractivity contribution is 0.464. The van der Waals surface area contributed by atoms with Crippen LogP contribution in [0.15, 0.2) is 47.5 Å². The molecule has 3 rings (SSSR count). The Kier molecular flexibility index (Phi) is 2.91. The van der Waals surface area contributed by atoms with Crippen LogP contribution in [0.2, 0.25) is 0 Å². The largest absolute Gasteiger partial charge is 0.508 e. The number of phenols is 1. The van der Waals surface area contributed by atoms with E-state index in [1.54, 1.807) is 12.1 Å². The van der Waals surface area contributed by atoms with Gasteiger partial charge in [-0.1, -0.05) is 35.9 Å². The van der Waals surface area contributed by atoms with Crippen molar-refractivity contribution in [1.82, 2.24) is 0 Å². The van der Waals surface area contributed by atoms with Crippen LogP contribution in [0.1, 0.15) is 22.9 Å². The number of hydrogen-bond acceptors (Lipinski definition) is 3. The molecule has 0 aliphatic carbocycles. The van der Waals surface area contributed by atoms with Crippen molar-refractivity contribution in [2.75, 3.05) is 5.32 Å². The maximum Gasteiger partial charge on any atom is 0.150 e. The van der Waals surface area contributed by atoms with Gasteiger partial charge in [-0.3, -0.25) is 0 Å².